The number of rotatable bonds is 0. The lowest BCUT2D eigenvalue weighted by atomic mass is 10.0. The molecule has 0 fully saturated rings. The van der Waals surface area contributed by atoms with Crippen molar-refractivity contribution in [3.63, 3.8) is 0 Å². The molecule has 5 heteroatoms. The third kappa shape index (κ3) is 1.23. The zero-order valence-corrected chi connectivity index (χ0v) is 8.99. The minimum Gasteiger partial charge on any atom is -0.350 e. The van der Waals surface area contributed by atoms with E-state index in [0.717, 1.165) is 5.56 Å². The molecule has 1 aromatic carbocycles. The van der Waals surface area contributed by atoms with Crippen LogP contribution in [0.3, 0.4) is 0 Å². The van der Waals surface area contributed by atoms with E-state index in [-0.39, 0.29) is 11.7 Å². The molecule has 1 aromatic heterocycles. The van der Waals surface area contributed by atoms with E-state index in [4.69, 9.17) is 11.6 Å². The lowest BCUT2D eigenvalue weighted by molar-refractivity contribution is 0.0942. The van der Waals surface area contributed by atoms with Gasteiger partial charge in [0.05, 0.1) is 10.5 Å². The summed E-state index contributed by atoms with van der Waals surface area (Å²) in [4.78, 5) is 14.5. The van der Waals surface area contributed by atoms with Gasteiger partial charge in [0.1, 0.15) is 11.5 Å². The first kappa shape index (κ1) is 9.66. The van der Waals surface area contributed by atoms with E-state index in [1.165, 1.54) is 12.1 Å². The maximum absolute atomic E-state index is 13.2. The van der Waals surface area contributed by atoms with Crippen LogP contribution in [0, 0.1) is 5.82 Å². The molecule has 1 amide bonds. The maximum atomic E-state index is 13.2. The van der Waals surface area contributed by atoms with Crippen LogP contribution in [-0.2, 0) is 6.42 Å². The fraction of sp³-hybridized carbons (Fsp3) is 0.182. The number of hydrogen-bond donors (Lipinski definition) is 2. The number of carbonyl (C=O) groups excluding carboxylic acids is 1. The summed E-state index contributed by atoms with van der Waals surface area (Å²) in [5.74, 6) is -0.542. The smallest absolute Gasteiger partial charge is 0.268 e. The van der Waals surface area contributed by atoms with Crippen molar-refractivity contribution in [2.75, 3.05) is 6.54 Å². The highest BCUT2D eigenvalue weighted by molar-refractivity contribution is 6.35. The van der Waals surface area contributed by atoms with E-state index in [2.05, 4.69) is 10.3 Å². The van der Waals surface area contributed by atoms with Crippen LogP contribution >= 0.6 is 11.6 Å². The van der Waals surface area contributed by atoms with E-state index >= 15 is 0 Å². The summed E-state index contributed by atoms with van der Waals surface area (Å²) < 4.78 is 13.2. The van der Waals surface area contributed by atoms with Crippen molar-refractivity contribution >= 4 is 28.4 Å². The molecule has 0 saturated heterocycles. The molecular weight excluding hydrogens is 231 g/mol. The van der Waals surface area contributed by atoms with Crippen LogP contribution < -0.4 is 5.32 Å². The van der Waals surface area contributed by atoms with Gasteiger partial charge in [-0.05, 0) is 24.1 Å². The number of H-pyrrole nitrogens is 1. The quantitative estimate of drug-likeness (QED) is 0.727. The first-order chi connectivity index (χ1) is 7.66. The number of carbonyl (C=O) groups is 1. The minimum absolute atomic E-state index is 0.158. The maximum Gasteiger partial charge on any atom is 0.268 e. The number of nitrogens with one attached hydrogen (secondary N) is 2. The van der Waals surface area contributed by atoms with Crippen molar-refractivity contribution in [1.82, 2.24) is 10.3 Å². The summed E-state index contributed by atoms with van der Waals surface area (Å²) in [6, 6.07) is 2.65. The van der Waals surface area contributed by atoms with Crippen LogP contribution in [0.5, 0.6) is 0 Å². The Morgan fingerprint density at radius 2 is 2.19 bits per heavy atom. The molecule has 3 nitrogen and oxygen atoms in total. The molecule has 0 spiro atoms. The van der Waals surface area contributed by atoms with Crippen LogP contribution in [0.25, 0.3) is 10.9 Å². The summed E-state index contributed by atoms with van der Waals surface area (Å²) in [6.07, 6.45) is 0.695. The topological polar surface area (TPSA) is 44.9 Å². The van der Waals surface area contributed by atoms with E-state index in [1.807, 2.05) is 0 Å². The summed E-state index contributed by atoms with van der Waals surface area (Å²) in [5, 5.41) is 3.73. The lowest BCUT2D eigenvalue weighted by Crippen LogP contribution is -2.31. The van der Waals surface area contributed by atoms with E-state index in [9.17, 15) is 9.18 Å². The number of amides is 1. The van der Waals surface area contributed by atoms with Crippen LogP contribution in [-0.4, -0.2) is 17.4 Å². The second-order valence-corrected chi connectivity index (χ2v) is 4.20. The first-order valence-corrected chi connectivity index (χ1v) is 5.32. The van der Waals surface area contributed by atoms with E-state index in [0.29, 0.717) is 34.6 Å². The Kier molecular flexibility index (Phi) is 1.94. The third-order valence-electron chi connectivity index (χ3n) is 2.82. The number of fused-ring (bicyclic) bond motifs is 3. The number of aromatic amines is 1. The van der Waals surface area contributed by atoms with Gasteiger partial charge in [0.25, 0.3) is 5.91 Å². The zero-order chi connectivity index (χ0) is 11.3. The lowest BCUT2D eigenvalue weighted by Gasteiger charge is -2.11. The van der Waals surface area contributed by atoms with Crippen LogP contribution in [0.1, 0.15) is 16.1 Å². The first-order valence-electron chi connectivity index (χ1n) is 4.94. The summed E-state index contributed by atoms with van der Waals surface area (Å²) in [5.41, 5.74) is 1.97. The Labute approximate surface area is 95.6 Å². The van der Waals surface area contributed by atoms with Crippen LogP contribution in [0.2, 0.25) is 5.02 Å². The van der Waals surface area contributed by atoms with Crippen molar-refractivity contribution in [2.24, 2.45) is 0 Å². The van der Waals surface area contributed by atoms with Crippen molar-refractivity contribution in [1.29, 1.82) is 0 Å². The predicted octanol–water partition coefficient (Wildman–Crippen LogP) is 2.25. The Hall–Kier alpha value is -1.55. The van der Waals surface area contributed by atoms with Gasteiger partial charge in [-0.15, -0.1) is 0 Å². The highest BCUT2D eigenvalue weighted by Gasteiger charge is 2.22. The molecular formula is C11H8ClFN2O. The molecule has 16 heavy (non-hydrogen) atoms. The third-order valence-corrected chi connectivity index (χ3v) is 3.12. The van der Waals surface area contributed by atoms with Gasteiger partial charge in [-0.1, -0.05) is 11.6 Å². The zero-order valence-electron chi connectivity index (χ0n) is 8.23. The van der Waals surface area contributed by atoms with Gasteiger partial charge in [0.2, 0.25) is 0 Å². The summed E-state index contributed by atoms with van der Waals surface area (Å²) in [6.45, 7) is 0.576. The van der Waals surface area contributed by atoms with Crippen molar-refractivity contribution in [3.8, 4) is 0 Å². The van der Waals surface area contributed by atoms with Crippen LogP contribution in [0.15, 0.2) is 12.1 Å². The average molecular weight is 239 g/mol. The predicted molar refractivity (Wildman–Crippen MR) is 59.3 cm³/mol. The molecule has 0 atom stereocenters. The standard InChI is InChI=1S/C11H8ClFN2O/c12-8-4-5(13)3-7-6-1-2-14-11(16)10(6)15-9(7)8/h3-4,15H,1-2H2,(H,14,16). The molecule has 0 aliphatic carbocycles. The largest absolute Gasteiger partial charge is 0.350 e. The van der Waals surface area contributed by atoms with E-state index < -0.39 is 0 Å². The van der Waals surface area contributed by atoms with Gasteiger partial charge in [-0.2, -0.15) is 0 Å². The Morgan fingerprint density at radius 3 is 3.00 bits per heavy atom. The molecule has 0 saturated carbocycles. The van der Waals surface area contributed by atoms with Gasteiger partial charge in [-0.25, -0.2) is 4.39 Å². The minimum atomic E-state index is -0.384. The Bertz CT molecular complexity index is 606. The molecule has 0 bridgehead atoms. The van der Waals surface area contributed by atoms with E-state index in [1.54, 1.807) is 0 Å². The van der Waals surface area contributed by atoms with Gasteiger partial charge in [0, 0.05) is 11.9 Å². The average Bonchev–Trinajstić information content (AvgIpc) is 2.59. The van der Waals surface area contributed by atoms with Gasteiger partial charge in [0.15, 0.2) is 0 Å². The number of halogens is 2. The Morgan fingerprint density at radius 1 is 1.38 bits per heavy atom. The van der Waals surface area contributed by atoms with Gasteiger partial charge in [-0.3, -0.25) is 4.79 Å². The highest BCUT2D eigenvalue weighted by atomic mass is 35.5. The molecule has 2 heterocycles. The molecule has 1 aliphatic rings. The molecule has 2 aromatic rings. The monoisotopic (exact) mass is 238 g/mol. The van der Waals surface area contributed by atoms with Crippen LogP contribution in [0.4, 0.5) is 4.39 Å². The Balaban J connectivity index is 2.40. The molecule has 1 aliphatic heterocycles. The molecule has 0 radical (unpaired) electrons. The SMILES string of the molecule is O=C1NCCc2c1[nH]c1c(Cl)cc(F)cc21. The second-order valence-electron chi connectivity index (χ2n) is 3.79. The molecule has 2 N–H and O–H groups in total. The number of benzene rings is 1. The van der Waals surface area contributed by atoms with Gasteiger partial charge < -0.3 is 10.3 Å². The summed E-state index contributed by atoms with van der Waals surface area (Å²) in [7, 11) is 0. The molecule has 3 rings (SSSR count). The number of hydrogen-bond acceptors (Lipinski definition) is 1. The fourth-order valence-corrected chi connectivity index (χ4v) is 2.37. The highest BCUT2D eigenvalue weighted by Crippen LogP contribution is 2.30. The van der Waals surface area contributed by atoms with Crippen molar-refractivity contribution in [2.45, 2.75) is 6.42 Å². The fourth-order valence-electron chi connectivity index (χ4n) is 2.12. The number of aromatic nitrogens is 1. The second kappa shape index (κ2) is 3.22. The van der Waals surface area contributed by atoms with Crippen molar-refractivity contribution in [3.05, 3.63) is 34.2 Å². The molecule has 82 valence electrons. The molecule has 0 unspecified atom stereocenters. The normalized spacial score (nSPS) is 15.0. The van der Waals surface area contributed by atoms with Crippen molar-refractivity contribution < 1.29 is 9.18 Å². The summed E-state index contributed by atoms with van der Waals surface area (Å²) >= 11 is 5.93. The van der Waals surface area contributed by atoms with Gasteiger partial charge >= 0.3 is 0 Å².